The highest BCUT2D eigenvalue weighted by Crippen LogP contribution is 2.65. The van der Waals surface area contributed by atoms with Crippen LogP contribution in [-0.4, -0.2) is 72.8 Å². The Morgan fingerprint density at radius 2 is 1.55 bits per heavy atom. The van der Waals surface area contributed by atoms with E-state index in [2.05, 4.69) is 17.2 Å². The van der Waals surface area contributed by atoms with E-state index in [0.717, 1.165) is 4.90 Å². The number of morpholine rings is 1. The highest BCUT2D eigenvalue weighted by atomic mass is 16.6. The predicted molar refractivity (Wildman–Crippen MR) is 197 cm³/mol. The summed E-state index contributed by atoms with van der Waals surface area (Å²) in [5.41, 5.74) is 11.9. The summed E-state index contributed by atoms with van der Waals surface area (Å²) >= 11 is 0. The molecule has 5 amide bonds. The minimum atomic E-state index is -2.07. The molecule has 0 aromatic heterocycles. The topological polar surface area (TPSA) is 204 Å². The zero-order chi connectivity index (χ0) is 38.9. The quantitative estimate of drug-likeness (QED) is 0.118. The third kappa shape index (κ3) is 6.29. The third-order valence-corrected chi connectivity index (χ3v) is 10.3. The summed E-state index contributed by atoms with van der Waals surface area (Å²) in [5, 5.41) is 12.8. The van der Waals surface area contributed by atoms with Crippen molar-refractivity contribution in [3.8, 4) is 17.6 Å². The number of imide groups is 1. The molecule has 0 aliphatic carbocycles. The Labute approximate surface area is 315 Å². The lowest BCUT2D eigenvalue weighted by Gasteiger charge is -2.46. The zero-order valence-corrected chi connectivity index (χ0v) is 29.6. The zero-order valence-electron chi connectivity index (χ0n) is 29.6. The molecule has 3 heterocycles. The number of hydrogen-bond donors (Lipinski definition) is 4. The average molecular weight is 744 g/mol. The first-order chi connectivity index (χ1) is 26.6. The van der Waals surface area contributed by atoms with Crippen LogP contribution in [0.4, 0.5) is 15.3 Å². The Balaban J connectivity index is 1.54. The predicted octanol–water partition coefficient (Wildman–Crippen LogP) is 3.35. The van der Waals surface area contributed by atoms with Gasteiger partial charge in [-0.1, -0.05) is 84.6 Å². The van der Waals surface area contributed by atoms with E-state index in [1.807, 2.05) is 60.7 Å². The molecule has 3 aliphatic heterocycles. The Bertz CT molecular complexity index is 2210. The van der Waals surface area contributed by atoms with E-state index in [9.17, 15) is 24.3 Å². The van der Waals surface area contributed by atoms with Crippen LogP contribution in [0.5, 0.6) is 5.75 Å². The van der Waals surface area contributed by atoms with Gasteiger partial charge in [-0.3, -0.25) is 19.3 Å². The second kappa shape index (κ2) is 15.0. The average Bonchev–Trinajstić information content (AvgIpc) is 3.64. The van der Waals surface area contributed by atoms with Crippen molar-refractivity contribution in [2.24, 2.45) is 17.4 Å². The molecule has 0 saturated carbocycles. The van der Waals surface area contributed by atoms with Gasteiger partial charge in [0.2, 0.25) is 11.8 Å². The molecule has 55 heavy (non-hydrogen) atoms. The molecule has 6 atom stereocenters. The van der Waals surface area contributed by atoms with Crippen molar-refractivity contribution in [2.75, 3.05) is 31.8 Å². The summed E-state index contributed by atoms with van der Waals surface area (Å²) in [7, 11) is 1.43. The summed E-state index contributed by atoms with van der Waals surface area (Å²) in [4.78, 5) is 72.3. The van der Waals surface area contributed by atoms with Crippen LogP contribution in [0, 0.1) is 17.8 Å². The van der Waals surface area contributed by atoms with Crippen LogP contribution < -0.4 is 21.7 Å². The van der Waals surface area contributed by atoms with Crippen LogP contribution in [0.15, 0.2) is 103 Å². The molecule has 0 bridgehead atoms. The number of phenolic OH excluding ortho intramolecular Hbond substituents is 1. The van der Waals surface area contributed by atoms with E-state index >= 15 is 4.79 Å². The van der Waals surface area contributed by atoms with Crippen molar-refractivity contribution in [3.63, 3.8) is 0 Å². The number of rotatable bonds is 8. The molecule has 2 fully saturated rings. The van der Waals surface area contributed by atoms with E-state index in [1.165, 1.54) is 25.3 Å². The summed E-state index contributed by atoms with van der Waals surface area (Å²) in [6.45, 7) is -0.231. The van der Waals surface area contributed by atoms with Crippen LogP contribution in [0.1, 0.15) is 46.0 Å². The van der Waals surface area contributed by atoms with Crippen LogP contribution >= 0.6 is 0 Å². The van der Waals surface area contributed by atoms with Crippen molar-refractivity contribution >= 4 is 35.6 Å². The monoisotopic (exact) mass is 743 g/mol. The first-order valence-electron chi connectivity index (χ1n) is 17.4. The van der Waals surface area contributed by atoms with Crippen LogP contribution in [-0.2, 0) is 34.0 Å². The summed E-state index contributed by atoms with van der Waals surface area (Å²) in [6.07, 6.45) is -1.96. The molecule has 6 N–H and O–H groups in total. The minimum absolute atomic E-state index is 0.0427. The van der Waals surface area contributed by atoms with E-state index < -0.39 is 65.5 Å². The second-order valence-corrected chi connectivity index (χ2v) is 13.3. The van der Waals surface area contributed by atoms with Gasteiger partial charge >= 0.3 is 18.1 Å². The van der Waals surface area contributed by atoms with Crippen LogP contribution in [0.25, 0.3) is 0 Å². The van der Waals surface area contributed by atoms with Crippen LogP contribution in [0.3, 0.4) is 0 Å². The number of carbonyl (C=O) groups excluding carboxylic acids is 5. The van der Waals surface area contributed by atoms with Crippen molar-refractivity contribution in [2.45, 2.75) is 29.6 Å². The van der Waals surface area contributed by atoms with Gasteiger partial charge in [0, 0.05) is 12.7 Å². The number of ether oxygens (including phenoxy) is 3. The van der Waals surface area contributed by atoms with Gasteiger partial charge in [-0.05, 0) is 52.6 Å². The smallest absolute Gasteiger partial charge is 0.421 e. The maximum atomic E-state index is 15.6. The van der Waals surface area contributed by atoms with Crippen molar-refractivity contribution in [1.29, 1.82) is 0 Å². The van der Waals surface area contributed by atoms with E-state index in [4.69, 9.17) is 25.7 Å². The second-order valence-electron chi connectivity index (χ2n) is 13.3. The molecule has 4 aromatic rings. The molecule has 14 nitrogen and oxygen atoms in total. The number of urea groups is 1. The fourth-order valence-electron chi connectivity index (χ4n) is 8.21. The third-order valence-electron chi connectivity index (χ3n) is 10.3. The molecule has 3 aliphatic rings. The maximum absolute atomic E-state index is 15.6. The van der Waals surface area contributed by atoms with Crippen LogP contribution in [0.2, 0.25) is 0 Å². The molecular weight excluding hydrogens is 706 g/mol. The number of esters is 1. The standard InChI is InChI=1S/C41H37N5O9/c1-53-21-22-54-40(52)45-30-19-14-24(9-8-20-44-39(43)51)23-29(30)41(38(45)50)31(36(42)48)33-37(49)55-34(26-12-6-3-7-13-26)32(25-10-4-2-5-11-25)46(33)35(41)27-15-17-28(47)18-16-27/h2-7,10-19,23,31-35,47H,20-22H2,1H3,(H2,42,48)(H3,43,44,51)/t31-,32-,33-,34+,35+,41-/m0/s1. The number of hydrogen-bond acceptors (Lipinski definition) is 10. The summed E-state index contributed by atoms with van der Waals surface area (Å²) in [5.74, 6) is 1.42. The normalized spacial score (nSPS) is 23.9. The van der Waals surface area contributed by atoms with E-state index in [0.29, 0.717) is 22.3 Å². The van der Waals surface area contributed by atoms with Gasteiger partial charge in [0.05, 0.1) is 36.8 Å². The van der Waals surface area contributed by atoms with Gasteiger partial charge < -0.3 is 36.1 Å². The van der Waals surface area contributed by atoms with Gasteiger partial charge in [0.15, 0.2) is 0 Å². The molecule has 0 unspecified atom stereocenters. The molecule has 0 radical (unpaired) electrons. The minimum Gasteiger partial charge on any atom is -0.508 e. The number of benzene rings is 4. The maximum Gasteiger partial charge on any atom is 0.421 e. The largest absolute Gasteiger partial charge is 0.508 e. The Kier molecular flexibility index (Phi) is 9.98. The van der Waals surface area contributed by atoms with Crippen molar-refractivity contribution in [3.05, 3.63) is 131 Å². The lowest BCUT2D eigenvalue weighted by Crippen LogP contribution is -2.55. The molecule has 2 saturated heterocycles. The molecule has 1 spiro atoms. The number of amides is 5. The van der Waals surface area contributed by atoms with Gasteiger partial charge in [0.1, 0.15) is 29.9 Å². The number of fused-ring (bicyclic) bond motifs is 3. The highest BCUT2D eigenvalue weighted by Gasteiger charge is 2.75. The number of aromatic hydroxyl groups is 1. The van der Waals surface area contributed by atoms with Gasteiger partial charge in [-0.15, -0.1) is 0 Å². The lowest BCUT2D eigenvalue weighted by atomic mass is 9.65. The Morgan fingerprint density at radius 3 is 2.18 bits per heavy atom. The number of methoxy groups -OCH3 is 1. The van der Waals surface area contributed by atoms with Gasteiger partial charge in [-0.2, -0.15) is 0 Å². The lowest BCUT2D eigenvalue weighted by molar-refractivity contribution is -0.178. The Hall–Kier alpha value is -6.69. The SMILES string of the molecule is COCCOC(=O)N1C(=O)[C@@]2(c3cc(C#CCNC(N)=O)ccc31)[C@H](C(N)=O)[C@H]1C(=O)O[C@H](c3ccccc3)[C@H](c3ccccc3)N1[C@@H]2c1ccc(O)cc1. The molecular formula is C41H37N5O9. The van der Waals surface area contributed by atoms with Gasteiger partial charge in [0.25, 0.3) is 0 Å². The first kappa shape index (κ1) is 36.7. The van der Waals surface area contributed by atoms with Crippen molar-refractivity contribution in [1.82, 2.24) is 10.2 Å². The number of phenols is 1. The number of nitrogens with one attached hydrogen (secondary N) is 1. The number of primary amides is 2. The highest BCUT2D eigenvalue weighted by molar-refractivity contribution is 6.23. The molecule has 14 heteroatoms. The summed E-state index contributed by atoms with van der Waals surface area (Å²) in [6, 6.07) is 24.9. The van der Waals surface area contributed by atoms with E-state index in [-0.39, 0.29) is 36.8 Å². The fourth-order valence-corrected chi connectivity index (χ4v) is 8.21. The van der Waals surface area contributed by atoms with Gasteiger partial charge in [-0.25, -0.2) is 14.5 Å². The Morgan fingerprint density at radius 1 is 0.873 bits per heavy atom. The molecule has 4 aromatic carbocycles. The first-order valence-corrected chi connectivity index (χ1v) is 17.4. The summed E-state index contributed by atoms with van der Waals surface area (Å²) < 4.78 is 16.8. The molecule has 7 rings (SSSR count). The fraction of sp³-hybridized carbons (Fsp3) is 0.244. The molecule has 280 valence electrons. The number of nitrogens with two attached hydrogens (primary N) is 2. The number of carbonyl (C=O) groups is 5. The number of cyclic esters (lactones) is 1. The van der Waals surface area contributed by atoms with Crippen molar-refractivity contribution < 1.29 is 43.3 Å². The van der Waals surface area contributed by atoms with E-state index in [1.54, 1.807) is 29.2 Å². The number of nitrogens with zero attached hydrogens (tertiary/aromatic N) is 2. The number of anilines is 1.